The summed E-state index contributed by atoms with van der Waals surface area (Å²) in [4.78, 5) is 6.57. The molecule has 0 aliphatic rings. The van der Waals surface area contributed by atoms with E-state index >= 15 is 0 Å². The summed E-state index contributed by atoms with van der Waals surface area (Å²) < 4.78 is 21.5. The summed E-state index contributed by atoms with van der Waals surface area (Å²) in [6.07, 6.45) is 3.32. The highest BCUT2D eigenvalue weighted by atomic mass is 35.5. The number of phenolic OH excluding ortho intramolecular Hbond substituents is 2. The van der Waals surface area contributed by atoms with E-state index in [1.165, 1.54) is 11.8 Å². The summed E-state index contributed by atoms with van der Waals surface area (Å²) in [6, 6.07) is 19.2. The van der Waals surface area contributed by atoms with Crippen molar-refractivity contribution in [3.63, 3.8) is 0 Å². The summed E-state index contributed by atoms with van der Waals surface area (Å²) in [6.45, 7) is 6.06. The molecule has 0 saturated heterocycles. The third kappa shape index (κ3) is 35.5. The average molecular weight is 1600 g/mol. The van der Waals surface area contributed by atoms with Gasteiger partial charge in [-0.2, -0.15) is 0 Å². The molecule has 500 valence electrons. The van der Waals surface area contributed by atoms with Gasteiger partial charge in [-0.3, -0.25) is 0 Å². The van der Waals surface area contributed by atoms with Crippen LogP contribution in [-0.2, 0) is 46.3 Å². The second-order valence-electron chi connectivity index (χ2n) is 18.9. The van der Waals surface area contributed by atoms with Crippen molar-refractivity contribution in [2.45, 2.75) is 61.7 Å². The number of thiocarbonyl (C=S) groups is 3. The van der Waals surface area contributed by atoms with Crippen LogP contribution in [0.4, 0.5) is 0 Å². The molecule has 1 aromatic heterocycles. The number of benzene rings is 5. The minimum atomic E-state index is -0.111. The summed E-state index contributed by atoms with van der Waals surface area (Å²) in [7, 11) is 15.9. The minimum absolute atomic E-state index is 0.0391. The Kier molecular flexibility index (Phi) is 47.5. The summed E-state index contributed by atoms with van der Waals surface area (Å²) >= 11 is 96.0. The van der Waals surface area contributed by atoms with Crippen molar-refractivity contribution >= 4 is 226 Å². The monoisotopic (exact) mass is 1590 g/mol. The molecule has 0 aliphatic heterocycles. The Labute approximate surface area is 619 Å². The molecule has 1 heterocycles. The first-order valence-electron chi connectivity index (χ1n) is 26.1. The van der Waals surface area contributed by atoms with Gasteiger partial charge in [0, 0.05) is 81.7 Å². The van der Waals surface area contributed by atoms with Crippen molar-refractivity contribution in [3.05, 3.63) is 161 Å². The van der Waals surface area contributed by atoms with Gasteiger partial charge in [0.25, 0.3) is 5.17 Å². The number of ether oxygens (including phenoxy) is 4. The van der Waals surface area contributed by atoms with E-state index in [4.69, 9.17) is 204 Å². The molecule has 0 bridgehead atoms. The van der Waals surface area contributed by atoms with Gasteiger partial charge in [0.15, 0.2) is 32.0 Å². The molecule has 90 heavy (non-hydrogen) atoms. The summed E-state index contributed by atoms with van der Waals surface area (Å²) in [5, 5.41) is 48.3. The number of aromatic nitrogens is 2. The fourth-order valence-electron chi connectivity index (χ4n) is 6.04. The largest absolute Gasteiger partial charge is 0.505 e. The quantitative estimate of drug-likeness (QED) is 0.0205. The number of methoxy groups -OCH3 is 3. The van der Waals surface area contributed by atoms with Crippen molar-refractivity contribution in [2.24, 2.45) is 0 Å². The Morgan fingerprint density at radius 3 is 1.11 bits per heavy atom. The Hall–Kier alpha value is -1.48. The Balaban J connectivity index is 0.00000105. The van der Waals surface area contributed by atoms with Crippen LogP contribution in [0, 0.1) is 0 Å². The highest BCUT2D eigenvalue weighted by molar-refractivity contribution is 8.23. The number of hydrogen-bond acceptors (Lipinski definition) is 15. The number of aromatic hydroxyl groups is 2. The molecule has 13 nitrogen and oxygen atoms in total. The van der Waals surface area contributed by atoms with E-state index in [9.17, 15) is 10.2 Å². The van der Waals surface area contributed by atoms with E-state index in [2.05, 4.69) is 35.0 Å². The third-order valence-corrected chi connectivity index (χ3v) is 18.1. The molecule has 0 atom stereocenters. The van der Waals surface area contributed by atoms with E-state index in [0.29, 0.717) is 99.3 Å². The minimum Gasteiger partial charge on any atom is -0.505 e. The van der Waals surface area contributed by atoms with Crippen molar-refractivity contribution in [3.8, 4) is 17.2 Å². The standard InChI is InChI=1S/C12H15Cl2NO2S.C12H15Cl2NOS2.C9H10Cl2O2.C8H8Cl2O2.C8H8Cl2OS.C7H8Cl2N2.C3H6ClNS/c1-15(2)12(18)17-11-9(13)6-8(4-5-16-3)7-10(11)14;1-15(2)12(17)18-11-9(13)6-8(4-5-16-3)7-10(11)14;1-13-3-2-6-4-7(10)9(12)8(11)5-6;2*9-6-3-5(1-2-11)4-7(10)8(6)12;1-4(2)5-3-6(8)10-11-7(5)9;1-5(2)3(4)6/h2*6-7H,4-5H2,1-3H3;4-5,12H,2-3H2,1H3;2*3-4,11-12H,1-2H2;3-4H,1-2H3;1-2H3. The van der Waals surface area contributed by atoms with E-state index in [1.54, 1.807) is 114 Å². The highest BCUT2D eigenvalue weighted by Crippen LogP contribution is 2.38. The molecule has 0 aliphatic carbocycles. The van der Waals surface area contributed by atoms with E-state index in [1.807, 2.05) is 45.0 Å². The van der Waals surface area contributed by atoms with Gasteiger partial charge in [0.05, 0.1) is 74.9 Å². The van der Waals surface area contributed by atoms with Crippen molar-refractivity contribution in [2.75, 3.05) is 96.6 Å². The van der Waals surface area contributed by atoms with Crippen molar-refractivity contribution in [1.82, 2.24) is 24.9 Å². The maximum absolute atomic E-state index is 9.26. The highest BCUT2D eigenvalue weighted by Gasteiger charge is 2.15. The Bertz CT molecular complexity index is 2960. The van der Waals surface area contributed by atoms with E-state index < -0.39 is 0 Å². The number of halogens is 13. The number of hydrogen-bond donors (Lipinski definition) is 5. The van der Waals surface area contributed by atoms with Crippen LogP contribution < -0.4 is 4.74 Å². The fraction of sp³-hybridized carbons (Fsp3) is 0.373. The van der Waals surface area contributed by atoms with Gasteiger partial charge in [-0.15, -0.1) is 22.8 Å². The van der Waals surface area contributed by atoms with Gasteiger partial charge < -0.3 is 54.1 Å². The van der Waals surface area contributed by atoms with Gasteiger partial charge in [0.1, 0.15) is 4.32 Å². The second kappa shape index (κ2) is 48.3. The maximum atomic E-state index is 9.26. The van der Waals surface area contributed by atoms with E-state index in [-0.39, 0.29) is 44.8 Å². The molecule has 0 unspecified atom stereocenters. The number of thiol groups is 1. The first-order chi connectivity index (χ1) is 42.1. The lowest BCUT2D eigenvalue weighted by Gasteiger charge is -2.16. The van der Waals surface area contributed by atoms with Crippen LogP contribution in [0.5, 0.6) is 17.2 Å². The van der Waals surface area contributed by atoms with Crippen LogP contribution in [0.1, 0.15) is 53.1 Å². The van der Waals surface area contributed by atoms with Crippen LogP contribution in [0.3, 0.4) is 0 Å². The van der Waals surface area contributed by atoms with Crippen LogP contribution in [0.15, 0.2) is 76.5 Å². The van der Waals surface area contributed by atoms with Crippen molar-refractivity contribution < 1.29 is 39.4 Å². The molecule has 0 amide bonds. The average Bonchev–Trinajstić information content (AvgIpc) is 1.35. The van der Waals surface area contributed by atoms with Crippen LogP contribution in [0.25, 0.3) is 0 Å². The topological polar surface area (TPSA) is 153 Å². The number of phenols is 2. The van der Waals surface area contributed by atoms with Crippen LogP contribution in [0.2, 0.25) is 60.5 Å². The third-order valence-electron chi connectivity index (χ3n) is 10.8. The molecular formula is C59H70Cl13N5O8S5. The number of thioether (sulfide) groups is 1. The predicted molar refractivity (Wildman–Crippen MR) is 399 cm³/mol. The lowest BCUT2D eigenvalue weighted by Crippen LogP contribution is -2.25. The van der Waals surface area contributed by atoms with Crippen LogP contribution >= 0.6 is 212 Å². The maximum Gasteiger partial charge on any atom is 0.264 e. The van der Waals surface area contributed by atoms with E-state index in [0.717, 1.165) is 61.9 Å². The lowest BCUT2D eigenvalue weighted by atomic mass is 10.1. The van der Waals surface area contributed by atoms with Gasteiger partial charge in [-0.05, 0) is 163 Å². The molecule has 0 fully saturated rings. The summed E-state index contributed by atoms with van der Waals surface area (Å²) in [5.41, 5.74) is 5.68. The first-order valence-corrected chi connectivity index (χ1v) is 33.5. The molecule has 4 N–H and O–H groups in total. The zero-order valence-electron chi connectivity index (χ0n) is 50.7. The molecule has 31 heteroatoms. The predicted octanol–water partition coefficient (Wildman–Crippen LogP) is 19.4. The zero-order valence-corrected chi connectivity index (χ0v) is 64.6. The van der Waals surface area contributed by atoms with Gasteiger partial charge in [-0.25, -0.2) is 0 Å². The zero-order chi connectivity index (χ0) is 69.1. The van der Waals surface area contributed by atoms with Crippen LogP contribution in [-0.4, -0.2) is 156 Å². The fourth-order valence-corrected chi connectivity index (χ4v) is 10.6. The van der Waals surface area contributed by atoms with Gasteiger partial charge in [0.2, 0.25) is 0 Å². The summed E-state index contributed by atoms with van der Waals surface area (Å²) in [5.74, 6) is 0.540. The molecule has 0 radical (unpaired) electrons. The molecule has 6 rings (SSSR count). The van der Waals surface area contributed by atoms with Gasteiger partial charge in [-0.1, -0.05) is 189 Å². The molecule has 0 saturated carbocycles. The SMILES string of the molecule is CC(C)c1cc(Cl)nnc1Cl.CN(C)C(=S)Cl.COCCc1cc(Cl)c(O)c(Cl)c1.COCCc1cc(Cl)c(OC(=S)N(C)C)c(Cl)c1.COCCc1cc(Cl)c(SC(=S)N(C)C)c(Cl)c1.OCCc1cc(Cl)c(O)c(Cl)c1.OCCc1cc(Cl)c(S)c(Cl)c1. The Morgan fingerprint density at radius 2 is 0.822 bits per heavy atom. The number of nitrogens with zero attached hydrogens (tertiary/aromatic N) is 5. The second-order valence-corrected chi connectivity index (χ2v) is 27.1. The molecular weight excluding hydrogens is 1530 g/mol. The van der Waals surface area contributed by atoms with Crippen molar-refractivity contribution in [1.29, 1.82) is 0 Å². The number of rotatable bonds is 16. The normalized spacial score (nSPS) is 10.2. The Morgan fingerprint density at radius 1 is 0.500 bits per heavy atom. The number of aliphatic hydroxyl groups excluding tert-OH is 2. The molecule has 5 aromatic carbocycles. The molecule has 0 spiro atoms. The number of aliphatic hydroxyl groups is 2. The first kappa shape index (κ1) is 88.5. The lowest BCUT2D eigenvalue weighted by molar-refractivity contribution is 0.202. The smallest absolute Gasteiger partial charge is 0.264 e. The molecule has 6 aromatic rings. The van der Waals surface area contributed by atoms with Gasteiger partial charge >= 0.3 is 0 Å².